The quantitative estimate of drug-likeness (QED) is 0.319. The number of aliphatic hydroxyl groups is 2. The second kappa shape index (κ2) is 9.40. The number of hydrogen-bond donors (Lipinski definition) is 5. The van der Waals surface area contributed by atoms with Crippen molar-refractivity contribution in [2.75, 3.05) is 11.9 Å². The maximum atomic E-state index is 13.9. The maximum absolute atomic E-state index is 13.9. The lowest BCUT2D eigenvalue weighted by molar-refractivity contribution is -0.589. The van der Waals surface area contributed by atoms with Crippen molar-refractivity contribution in [2.45, 2.75) is 31.0 Å². The van der Waals surface area contributed by atoms with Crippen molar-refractivity contribution in [3.63, 3.8) is 0 Å². The highest BCUT2D eigenvalue weighted by molar-refractivity contribution is 6.32. The topological polar surface area (TPSA) is 128 Å². The molecule has 2 heterocycles. The van der Waals surface area contributed by atoms with Crippen molar-refractivity contribution in [3.8, 4) is 5.69 Å². The van der Waals surface area contributed by atoms with E-state index in [1.807, 2.05) is 0 Å². The van der Waals surface area contributed by atoms with Gasteiger partial charge in [-0.1, -0.05) is 29.8 Å². The van der Waals surface area contributed by atoms with Gasteiger partial charge in [0.25, 0.3) is 5.56 Å². The molecule has 33 heavy (non-hydrogen) atoms. The molecule has 1 aliphatic rings. The molecular formula is C23H24ClFN5O3+. The second-order valence-corrected chi connectivity index (χ2v) is 8.56. The van der Waals surface area contributed by atoms with E-state index in [1.165, 1.54) is 16.8 Å². The van der Waals surface area contributed by atoms with Gasteiger partial charge in [0.05, 0.1) is 35.2 Å². The predicted molar refractivity (Wildman–Crippen MR) is 123 cm³/mol. The van der Waals surface area contributed by atoms with Crippen LogP contribution in [0.5, 0.6) is 0 Å². The molecule has 0 bridgehead atoms. The molecule has 2 aromatic heterocycles. The Morgan fingerprint density at radius 2 is 2.12 bits per heavy atom. The lowest BCUT2D eigenvalue weighted by Crippen LogP contribution is -2.77. The van der Waals surface area contributed by atoms with Crippen molar-refractivity contribution in [1.82, 2.24) is 9.55 Å². The zero-order chi connectivity index (χ0) is 23.6. The summed E-state index contributed by atoms with van der Waals surface area (Å²) in [5.41, 5.74) is 0.377. The first-order valence-electron chi connectivity index (χ1n) is 10.4. The number of benzene rings is 1. The molecule has 1 aromatic carbocycles. The van der Waals surface area contributed by atoms with Crippen LogP contribution in [0.25, 0.3) is 5.69 Å². The zero-order valence-corrected chi connectivity index (χ0v) is 18.4. The lowest BCUT2D eigenvalue weighted by atomic mass is 9.75. The van der Waals surface area contributed by atoms with E-state index in [-0.39, 0.29) is 29.6 Å². The number of hydrogen-bond acceptors (Lipinski definition) is 6. The molecule has 0 amide bonds. The van der Waals surface area contributed by atoms with Crippen LogP contribution in [0.3, 0.4) is 0 Å². The summed E-state index contributed by atoms with van der Waals surface area (Å²) in [6.45, 7) is 0.101. The van der Waals surface area contributed by atoms with Crippen LogP contribution in [0.2, 0.25) is 5.02 Å². The number of quaternary nitrogens is 1. The molecule has 6 N–H and O–H groups in total. The van der Waals surface area contributed by atoms with Crippen LogP contribution >= 0.6 is 11.6 Å². The molecule has 1 saturated carbocycles. The number of rotatable bonds is 8. The van der Waals surface area contributed by atoms with Gasteiger partial charge in [-0.3, -0.25) is 9.36 Å². The Hall–Kier alpha value is -3.11. The van der Waals surface area contributed by atoms with Gasteiger partial charge in [0.2, 0.25) is 0 Å². The summed E-state index contributed by atoms with van der Waals surface area (Å²) in [4.78, 5) is 17.4. The summed E-state index contributed by atoms with van der Waals surface area (Å²) in [7, 11) is 0. The van der Waals surface area contributed by atoms with Gasteiger partial charge < -0.3 is 26.3 Å². The fraction of sp³-hybridized carbons (Fsp3) is 0.261. The molecule has 0 radical (unpaired) electrons. The molecule has 0 saturated heterocycles. The molecule has 0 unspecified atom stereocenters. The van der Waals surface area contributed by atoms with Gasteiger partial charge in [-0.05, 0) is 18.9 Å². The van der Waals surface area contributed by atoms with Crippen LogP contribution in [0.15, 0.2) is 53.6 Å². The van der Waals surface area contributed by atoms with Gasteiger partial charge in [-0.15, -0.1) is 0 Å². The first-order valence-corrected chi connectivity index (χ1v) is 10.8. The smallest absolute Gasteiger partial charge is 0.270 e. The number of aliphatic hydroxyl groups excluding tert-OH is 2. The first-order chi connectivity index (χ1) is 15.9. The Morgan fingerprint density at radius 3 is 2.79 bits per heavy atom. The summed E-state index contributed by atoms with van der Waals surface area (Å²) in [6, 6.07) is 9.65. The van der Waals surface area contributed by atoms with Gasteiger partial charge in [0.1, 0.15) is 29.4 Å². The normalized spacial score (nSPS) is 19.7. The summed E-state index contributed by atoms with van der Waals surface area (Å²) < 4.78 is 15.2. The number of anilines is 1. The van der Waals surface area contributed by atoms with Crippen LogP contribution in [-0.4, -0.2) is 44.2 Å². The minimum atomic E-state index is -0.672. The Balaban J connectivity index is 1.63. The van der Waals surface area contributed by atoms with Crippen LogP contribution in [-0.2, 0) is 6.54 Å². The van der Waals surface area contributed by atoms with E-state index in [1.54, 1.807) is 41.8 Å². The van der Waals surface area contributed by atoms with E-state index in [4.69, 9.17) is 17.0 Å². The minimum Gasteiger partial charge on any atom is -0.394 e. The molecular weight excluding hydrogens is 449 g/mol. The highest BCUT2D eigenvalue weighted by Gasteiger charge is 2.43. The second-order valence-electron chi connectivity index (χ2n) is 8.15. The fourth-order valence-electron chi connectivity index (χ4n) is 4.03. The van der Waals surface area contributed by atoms with Crippen LogP contribution < -0.4 is 16.2 Å². The van der Waals surface area contributed by atoms with E-state index in [2.05, 4.69) is 10.3 Å². The lowest BCUT2D eigenvalue weighted by Gasteiger charge is -2.45. The standard InChI is InChI=1S/C23H23ClFN5O3/c24-17-12-28-21(29-23(13-31)8-15(32)9-23)7-20(17)30-6-5-19(16(10-26)22(30)33)27-11-14-3-1-2-4-18(14)25/h1-7,10,12,15,26-27,31-32H,8-9,11,13H2,(H,28,29)/p+1. The van der Waals surface area contributed by atoms with Crippen molar-refractivity contribution in [1.29, 1.82) is 5.41 Å². The zero-order valence-electron chi connectivity index (χ0n) is 17.6. The first kappa shape index (κ1) is 23.1. The van der Waals surface area contributed by atoms with Crippen LogP contribution in [0, 0.1) is 11.2 Å². The van der Waals surface area contributed by atoms with Gasteiger partial charge in [-0.2, -0.15) is 0 Å². The molecule has 3 aromatic rings. The van der Waals surface area contributed by atoms with Gasteiger partial charge in [0, 0.05) is 30.1 Å². The Kier molecular flexibility index (Phi) is 6.57. The van der Waals surface area contributed by atoms with Gasteiger partial charge in [0.15, 0.2) is 0 Å². The average Bonchev–Trinajstić information content (AvgIpc) is 2.79. The molecule has 1 aliphatic carbocycles. The third-order valence-corrected chi connectivity index (χ3v) is 6.14. The third-order valence-electron chi connectivity index (χ3n) is 5.85. The number of aromatic nitrogens is 2. The molecule has 0 spiro atoms. The molecule has 4 rings (SSSR count). The molecule has 172 valence electrons. The molecule has 8 nitrogen and oxygen atoms in total. The molecule has 0 aliphatic heterocycles. The Morgan fingerprint density at radius 1 is 1.36 bits per heavy atom. The maximum Gasteiger partial charge on any atom is 0.270 e. The van der Waals surface area contributed by atoms with E-state index in [0.717, 1.165) is 6.21 Å². The van der Waals surface area contributed by atoms with E-state index >= 15 is 0 Å². The molecule has 10 heteroatoms. The fourth-order valence-corrected chi connectivity index (χ4v) is 4.22. The Labute approximate surface area is 194 Å². The molecule has 1 fully saturated rings. The van der Waals surface area contributed by atoms with Crippen molar-refractivity contribution >= 4 is 29.3 Å². The van der Waals surface area contributed by atoms with Crippen molar-refractivity contribution in [3.05, 3.63) is 81.1 Å². The highest BCUT2D eigenvalue weighted by Crippen LogP contribution is 2.35. The van der Waals surface area contributed by atoms with E-state index in [9.17, 15) is 19.4 Å². The number of pyridine rings is 2. The van der Waals surface area contributed by atoms with E-state index in [0.29, 0.717) is 35.6 Å². The minimum absolute atomic E-state index is 0.144. The number of halogens is 2. The summed E-state index contributed by atoms with van der Waals surface area (Å²) in [5, 5.41) is 32.2. The number of nitrogens with two attached hydrogens (primary N) is 1. The third kappa shape index (κ3) is 4.67. The monoisotopic (exact) mass is 472 g/mol. The van der Waals surface area contributed by atoms with E-state index < -0.39 is 17.2 Å². The summed E-state index contributed by atoms with van der Waals surface area (Å²) >= 11 is 6.33. The predicted octanol–water partition coefficient (Wildman–Crippen LogP) is 1.72. The average molecular weight is 473 g/mol. The largest absolute Gasteiger partial charge is 0.394 e. The molecule has 0 atom stereocenters. The van der Waals surface area contributed by atoms with Crippen molar-refractivity contribution < 1.29 is 19.9 Å². The van der Waals surface area contributed by atoms with Gasteiger partial charge >= 0.3 is 0 Å². The highest BCUT2D eigenvalue weighted by atomic mass is 35.5. The number of nitrogens with zero attached hydrogens (tertiary/aromatic N) is 2. The van der Waals surface area contributed by atoms with Crippen molar-refractivity contribution in [2.24, 2.45) is 0 Å². The summed E-state index contributed by atoms with van der Waals surface area (Å²) in [5.74, 6) is 0.0653. The summed E-state index contributed by atoms with van der Waals surface area (Å²) in [6.07, 6.45) is 4.19. The van der Waals surface area contributed by atoms with Crippen LogP contribution in [0.1, 0.15) is 24.0 Å². The van der Waals surface area contributed by atoms with Crippen LogP contribution in [0.4, 0.5) is 15.9 Å². The SMILES string of the molecule is N=Cc1c([NH2+]Cc2ccccc2F)ccn(-c2cc(NC3(CO)CC(O)C3)ncc2Cl)c1=O. The van der Waals surface area contributed by atoms with Gasteiger partial charge in [-0.25, -0.2) is 9.37 Å². The Bertz CT molecular complexity index is 1240. The number of nitrogens with one attached hydrogen (secondary N) is 2.